The molecule has 0 aliphatic heterocycles. The number of nitrogens with one attached hydrogen (secondary N) is 4. The zero-order chi connectivity index (χ0) is 24.0. The number of sulfonamides is 1. The summed E-state index contributed by atoms with van der Waals surface area (Å²) in [6.45, 7) is 3.45. The first-order valence-electron chi connectivity index (χ1n) is 9.43. The number of ether oxygens (including phenoxy) is 1. The Bertz CT molecular complexity index is 1300. The molecule has 10 nitrogen and oxygen atoms in total. The Kier molecular flexibility index (Phi) is 7.36. The fourth-order valence-corrected chi connectivity index (χ4v) is 3.41. The maximum Gasteiger partial charge on any atom is 0.247 e. The second kappa shape index (κ2) is 10.2. The highest BCUT2D eigenvalue weighted by Gasteiger charge is 2.12. The number of carbonyl (C=O) groups is 1. The molecular formula is C21H21ClN6O4S. The number of anilines is 6. The second-order valence-corrected chi connectivity index (χ2v) is 8.82. The minimum absolute atomic E-state index is 0.205. The molecule has 4 N–H and O–H groups in total. The number of rotatable bonds is 9. The number of hydrogen-bond donors (Lipinski definition) is 4. The molecule has 0 spiro atoms. The average Bonchev–Trinajstić information content (AvgIpc) is 2.77. The largest absolute Gasteiger partial charge is 0.494 e. The molecule has 3 rings (SSSR count). The van der Waals surface area contributed by atoms with Gasteiger partial charge in [0.1, 0.15) is 10.8 Å². The quantitative estimate of drug-likeness (QED) is 0.330. The van der Waals surface area contributed by atoms with Crippen molar-refractivity contribution in [3.63, 3.8) is 0 Å². The van der Waals surface area contributed by atoms with Gasteiger partial charge in [0.25, 0.3) is 0 Å². The van der Waals surface area contributed by atoms with Crippen molar-refractivity contribution in [1.29, 1.82) is 0 Å². The maximum atomic E-state index is 11.7. The van der Waals surface area contributed by atoms with Crippen LogP contribution in [0.15, 0.2) is 61.3 Å². The Morgan fingerprint density at radius 2 is 1.85 bits per heavy atom. The van der Waals surface area contributed by atoms with Gasteiger partial charge < -0.3 is 20.7 Å². The minimum Gasteiger partial charge on any atom is -0.494 e. The van der Waals surface area contributed by atoms with Gasteiger partial charge in [-0.3, -0.25) is 9.52 Å². The topological polar surface area (TPSA) is 134 Å². The zero-order valence-electron chi connectivity index (χ0n) is 17.7. The molecule has 0 aliphatic rings. The molecule has 0 bridgehead atoms. The van der Waals surface area contributed by atoms with Crippen LogP contribution in [0.5, 0.6) is 5.75 Å². The van der Waals surface area contributed by atoms with Gasteiger partial charge in [0, 0.05) is 6.07 Å². The van der Waals surface area contributed by atoms with Gasteiger partial charge in [-0.25, -0.2) is 13.4 Å². The molecule has 0 saturated heterocycles. The van der Waals surface area contributed by atoms with E-state index in [1.807, 2.05) is 0 Å². The van der Waals surface area contributed by atoms with Gasteiger partial charge in [0.2, 0.25) is 21.9 Å². The molecule has 0 atom stereocenters. The summed E-state index contributed by atoms with van der Waals surface area (Å²) in [5, 5.41) is 9.06. The van der Waals surface area contributed by atoms with E-state index in [4.69, 9.17) is 16.3 Å². The van der Waals surface area contributed by atoms with E-state index < -0.39 is 10.0 Å². The van der Waals surface area contributed by atoms with Gasteiger partial charge in [-0.2, -0.15) is 4.98 Å². The highest BCUT2D eigenvalue weighted by Crippen LogP contribution is 2.32. The summed E-state index contributed by atoms with van der Waals surface area (Å²) < 4.78 is 30.6. The molecule has 1 aromatic heterocycles. The predicted octanol–water partition coefficient (Wildman–Crippen LogP) is 4.12. The summed E-state index contributed by atoms with van der Waals surface area (Å²) >= 11 is 6.27. The van der Waals surface area contributed by atoms with Crippen molar-refractivity contribution < 1.29 is 17.9 Å². The highest BCUT2D eigenvalue weighted by atomic mass is 35.5. The third-order valence-corrected chi connectivity index (χ3v) is 5.00. The molecule has 0 fully saturated rings. The molecule has 1 heterocycles. The van der Waals surface area contributed by atoms with Crippen molar-refractivity contribution >= 4 is 62.0 Å². The summed E-state index contributed by atoms with van der Waals surface area (Å²) in [4.78, 5) is 20.3. The average molecular weight is 489 g/mol. The number of hydrogen-bond acceptors (Lipinski definition) is 8. The lowest BCUT2D eigenvalue weighted by Crippen LogP contribution is -2.10. The third kappa shape index (κ3) is 6.57. The van der Waals surface area contributed by atoms with Crippen LogP contribution in [0.3, 0.4) is 0 Å². The Labute approximate surface area is 196 Å². The van der Waals surface area contributed by atoms with E-state index in [9.17, 15) is 13.2 Å². The smallest absolute Gasteiger partial charge is 0.247 e. The summed E-state index contributed by atoms with van der Waals surface area (Å²) in [7, 11) is -1.98. The molecule has 0 unspecified atom stereocenters. The van der Waals surface area contributed by atoms with Crippen LogP contribution in [0.2, 0.25) is 5.02 Å². The summed E-state index contributed by atoms with van der Waals surface area (Å²) in [6.07, 6.45) is 3.64. The van der Waals surface area contributed by atoms with E-state index in [1.54, 1.807) is 36.4 Å². The lowest BCUT2D eigenvalue weighted by Gasteiger charge is -2.15. The Morgan fingerprint density at radius 3 is 2.52 bits per heavy atom. The standard InChI is InChI=1S/C21H21ClN6O4S/c1-4-19(29)24-15-7-5-6-8-16(15)25-20-14(22)12-23-21(27-20)26-17-10-9-13(11-18(17)32-2)28-33(3,30)31/h4-12,28H,1H2,2-3H3,(H,24,29)(H2,23,25,26,27). The van der Waals surface area contributed by atoms with Crippen LogP contribution in [0, 0.1) is 0 Å². The first-order chi connectivity index (χ1) is 15.7. The van der Waals surface area contributed by atoms with Gasteiger partial charge >= 0.3 is 0 Å². The molecule has 33 heavy (non-hydrogen) atoms. The molecule has 12 heteroatoms. The number of amides is 1. The number of nitrogens with zero attached hydrogens (tertiary/aromatic N) is 2. The number of carbonyl (C=O) groups excluding carboxylic acids is 1. The van der Waals surface area contributed by atoms with Gasteiger partial charge in [-0.15, -0.1) is 0 Å². The lowest BCUT2D eigenvalue weighted by atomic mass is 10.2. The van der Waals surface area contributed by atoms with Crippen molar-refractivity contribution in [3.8, 4) is 5.75 Å². The van der Waals surface area contributed by atoms with Crippen LogP contribution in [0.4, 0.5) is 34.5 Å². The fourth-order valence-electron chi connectivity index (χ4n) is 2.72. The summed E-state index contributed by atoms with van der Waals surface area (Å²) in [5.41, 5.74) is 1.93. The monoisotopic (exact) mass is 488 g/mol. The summed E-state index contributed by atoms with van der Waals surface area (Å²) in [5.74, 6) is 0.510. The predicted molar refractivity (Wildman–Crippen MR) is 130 cm³/mol. The van der Waals surface area contributed by atoms with E-state index >= 15 is 0 Å². The van der Waals surface area contributed by atoms with Crippen molar-refractivity contribution in [2.75, 3.05) is 34.0 Å². The molecule has 3 aromatic rings. The number of halogens is 1. The normalized spacial score (nSPS) is 10.8. The van der Waals surface area contributed by atoms with Crippen LogP contribution in [0.25, 0.3) is 0 Å². The van der Waals surface area contributed by atoms with E-state index in [2.05, 4.69) is 37.2 Å². The minimum atomic E-state index is -3.43. The maximum absolute atomic E-state index is 11.7. The van der Waals surface area contributed by atoms with Gasteiger partial charge in [-0.05, 0) is 30.3 Å². The number of methoxy groups -OCH3 is 1. The number of aromatic nitrogens is 2. The number of para-hydroxylation sites is 2. The molecular weight excluding hydrogens is 468 g/mol. The second-order valence-electron chi connectivity index (χ2n) is 6.67. The van der Waals surface area contributed by atoms with Crippen LogP contribution in [0.1, 0.15) is 0 Å². The van der Waals surface area contributed by atoms with Crippen molar-refractivity contribution in [2.24, 2.45) is 0 Å². The Morgan fingerprint density at radius 1 is 1.12 bits per heavy atom. The van der Waals surface area contributed by atoms with E-state index in [-0.39, 0.29) is 16.9 Å². The third-order valence-electron chi connectivity index (χ3n) is 4.12. The molecule has 0 radical (unpaired) electrons. The fraction of sp³-hybridized carbons (Fsp3) is 0.0952. The van der Waals surface area contributed by atoms with E-state index in [1.165, 1.54) is 25.4 Å². The van der Waals surface area contributed by atoms with Crippen LogP contribution in [-0.4, -0.2) is 37.7 Å². The van der Waals surface area contributed by atoms with E-state index in [0.717, 1.165) is 6.26 Å². The van der Waals surface area contributed by atoms with Crippen LogP contribution in [-0.2, 0) is 14.8 Å². The van der Waals surface area contributed by atoms with E-state index in [0.29, 0.717) is 34.3 Å². The van der Waals surface area contributed by atoms with Crippen molar-refractivity contribution in [1.82, 2.24) is 9.97 Å². The summed E-state index contributed by atoms with van der Waals surface area (Å²) in [6, 6.07) is 11.7. The van der Waals surface area contributed by atoms with Gasteiger partial charge in [-0.1, -0.05) is 30.3 Å². The lowest BCUT2D eigenvalue weighted by molar-refractivity contribution is -0.111. The molecule has 1 amide bonds. The molecule has 0 aliphatic carbocycles. The van der Waals surface area contributed by atoms with Gasteiger partial charge in [0.15, 0.2) is 5.82 Å². The molecule has 2 aromatic carbocycles. The molecule has 172 valence electrons. The van der Waals surface area contributed by atoms with Crippen molar-refractivity contribution in [2.45, 2.75) is 0 Å². The van der Waals surface area contributed by atoms with Crippen molar-refractivity contribution in [3.05, 3.63) is 66.3 Å². The SMILES string of the molecule is C=CC(=O)Nc1ccccc1Nc1nc(Nc2ccc(NS(C)(=O)=O)cc2OC)ncc1Cl. The Hall–Kier alpha value is -3.83. The zero-order valence-corrected chi connectivity index (χ0v) is 19.3. The van der Waals surface area contributed by atoms with Gasteiger partial charge in [0.05, 0.1) is 42.3 Å². The first-order valence-corrected chi connectivity index (χ1v) is 11.7. The number of benzene rings is 2. The molecule has 0 saturated carbocycles. The first kappa shape index (κ1) is 23.8. The highest BCUT2D eigenvalue weighted by molar-refractivity contribution is 7.92. The van der Waals surface area contributed by atoms with Crippen LogP contribution < -0.4 is 25.4 Å². The Balaban J connectivity index is 1.86. The van der Waals surface area contributed by atoms with Crippen LogP contribution >= 0.6 is 11.6 Å².